The summed E-state index contributed by atoms with van der Waals surface area (Å²) in [5.74, 6) is -2.88. The molecule has 194 valence electrons. The van der Waals surface area contributed by atoms with Crippen molar-refractivity contribution in [2.24, 2.45) is 0 Å². The molecule has 1 amide bonds. The average Bonchev–Trinajstić information content (AvgIpc) is 3.23. The molecule has 0 saturated heterocycles. The molecule has 0 aliphatic carbocycles. The summed E-state index contributed by atoms with van der Waals surface area (Å²) in [4.78, 5) is 21.3. The number of benzene rings is 2. The molecule has 6 nitrogen and oxygen atoms in total. The van der Waals surface area contributed by atoms with Gasteiger partial charge in [-0.2, -0.15) is 18.3 Å². The molecule has 0 radical (unpaired) electrons. The number of carbonyl (C=O) groups excluding carboxylic acids is 2. The highest BCUT2D eigenvalue weighted by atomic mass is 35.5. The molecule has 0 bridgehead atoms. The van der Waals surface area contributed by atoms with Crippen LogP contribution in [0.25, 0.3) is 0 Å². The van der Waals surface area contributed by atoms with Gasteiger partial charge in [-0.1, -0.05) is 47.5 Å². The van der Waals surface area contributed by atoms with Crippen molar-refractivity contribution in [2.75, 3.05) is 0 Å². The molecule has 11 heteroatoms. The van der Waals surface area contributed by atoms with E-state index in [2.05, 4.69) is 10.4 Å². The topological polar surface area (TPSA) is 87.0 Å². The maximum Gasteiger partial charge on any atom is 0.430 e. The third-order valence-electron chi connectivity index (χ3n) is 5.23. The van der Waals surface area contributed by atoms with E-state index >= 15 is 0 Å². The number of aliphatic carboxylic acids is 1. The van der Waals surface area contributed by atoms with Gasteiger partial charge >= 0.3 is 6.18 Å². The van der Waals surface area contributed by atoms with Crippen LogP contribution < -0.4 is 10.4 Å². The Bertz CT molecular complexity index is 1130. The summed E-state index contributed by atoms with van der Waals surface area (Å²) in [6.45, 7) is 4.55. The number of aryl methyl sites for hydroxylation is 2. The molecule has 0 saturated carbocycles. The molecule has 0 spiro atoms. The van der Waals surface area contributed by atoms with Crippen molar-refractivity contribution in [3.63, 3.8) is 0 Å². The van der Waals surface area contributed by atoms with Gasteiger partial charge in [0.25, 0.3) is 0 Å². The SMILES string of the molecule is Cc1ccn(CCC(=O)N[C@H](C)[C@H](Cc2ccc(Cl)cc2)c2ccc(Cl)cc2)n1.O=C([O-])C(F)(F)F. The molecule has 0 fully saturated rings. The van der Waals surface area contributed by atoms with E-state index in [0.717, 1.165) is 17.7 Å². The Labute approximate surface area is 217 Å². The number of hydrogen-bond donors (Lipinski definition) is 1. The van der Waals surface area contributed by atoms with Crippen molar-refractivity contribution < 1.29 is 27.9 Å². The highest BCUT2D eigenvalue weighted by Gasteiger charge is 2.28. The average molecular weight is 543 g/mol. The molecule has 2 aromatic carbocycles. The molecule has 2 atom stereocenters. The van der Waals surface area contributed by atoms with Crippen LogP contribution >= 0.6 is 23.2 Å². The first-order valence-corrected chi connectivity index (χ1v) is 11.7. The second-order valence-electron chi connectivity index (χ2n) is 8.10. The number of aromatic nitrogens is 2. The molecule has 3 aromatic rings. The van der Waals surface area contributed by atoms with E-state index in [0.29, 0.717) is 23.0 Å². The maximum atomic E-state index is 12.5. The van der Waals surface area contributed by atoms with E-state index in [1.165, 1.54) is 5.56 Å². The highest BCUT2D eigenvalue weighted by Crippen LogP contribution is 2.27. The second kappa shape index (κ2) is 13.3. The third kappa shape index (κ3) is 9.91. The first-order chi connectivity index (χ1) is 16.8. The van der Waals surface area contributed by atoms with Crippen molar-refractivity contribution >= 4 is 35.1 Å². The number of rotatable bonds is 8. The molecule has 0 unspecified atom stereocenters. The number of hydrogen-bond acceptors (Lipinski definition) is 4. The van der Waals surface area contributed by atoms with E-state index in [1.54, 1.807) is 4.68 Å². The summed E-state index contributed by atoms with van der Waals surface area (Å²) in [6.07, 6.45) is -2.12. The number of alkyl halides is 3. The molecule has 0 aliphatic rings. The smallest absolute Gasteiger partial charge is 0.430 e. The molecular weight excluding hydrogens is 518 g/mol. The van der Waals surface area contributed by atoms with Crippen LogP contribution in [-0.4, -0.2) is 33.9 Å². The van der Waals surface area contributed by atoms with Gasteiger partial charge in [0.1, 0.15) is 5.97 Å². The summed E-state index contributed by atoms with van der Waals surface area (Å²) in [6, 6.07) is 17.6. The minimum absolute atomic E-state index is 0.0146. The fourth-order valence-corrected chi connectivity index (χ4v) is 3.65. The van der Waals surface area contributed by atoms with Crippen LogP contribution in [0, 0.1) is 6.92 Å². The summed E-state index contributed by atoms with van der Waals surface area (Å²) in [7, 11) is 0. The van der Waals surface area contributed by atoms with E-state index < -0.39 is 12.1 Å². The minimum atomic E-state index is -5.19. The number of nitrogens with zero attached hydrogens (tertiary/aromatic N) is 2. The van der Waals surface area contributed by atoms with Crippen LogP contribution in [0.2, 0.25) is 10.0 Å². The van der Waals surface area contributed by atoms with Crippen molar-refractivity contribution in [1.29, 1.82) is 0 Å². The number of carboxylic acid groups (broad SMARTS) is 1. The predicted molar refractivity (Wildman–Crippen MR) is 130 cm³/mol. The molecule has 0 aliphatic heterocycles. The largest absolute Gasteiger partial charge is 0.542 e. The van der Waals surface area contributed by atoms with E-state index in [4.69, 9.17) is 33.1 Å². The zero-order chi connectivity index (χ0) is 26.9. The first-order valence-electron chi connectivity index (χ1n) is 10.9. The van der Waals surface area contributed by atoms with Crippen LogP contribution in [-0.2, 0) is 22.6 Å². The first kappa shape index (κ1) is 29.2. The number of carboxylic acids is 1. The standard InChI is InChI=1S/C23H25Cl2N3O.C2HF3O2/c1-16-11-13-28(27-16)14-12-23(29)26-17(2)22(19-5-9-21(25)10-6-19)15-18-3-7-20(24)8-4-18;3-2(4,5)1(6)7/h3-11,13,17,22H,12,14-15H2,1-2H3,(H,26,29);(H,6,7)/p-1/t17-,22+;/m1./s1. The zero-order valence-corrected chi connectivity index (χ0v) is 21.1. The Morgan fingerprint density at radius 2 is 1.56 bits per heavy atom. The number of carbonyl (C=O) groups is 2. The lowest BCUT2D eigenvalue weighted by Crippen LogP contribution is -2.38. The molecule has 1 N–H and O–H groups in total. The van der Waals surface area contributed by atoms with Crippen molar-refractivity contribution in [2.45, 2.75) is 51.4 Å². The van der Waals surface area contributed by atoms with Gasteiger partial charge in [-0.25, -0.2) is 0 Å². The van der Waals surface area contributed by atoms with Gasteiger partial charge in [-0.3, -0.25) is 9.48 Å². The Hall–Kier alpha value is -3.04. The Kier molecular flexibility index (Phi) is 10.8. The fraction of sp³-hybridized carbons (Fsp3) is 0.320. The second-order valence-corrected chi connectivity index (χ2v) is 8.97. The van der Waals surface area contributed by atoms with Crippen LogP contribution in [0.1, 0.15) is 36.1 Å². The molecule has 36 heavy (non-hydrogen) atoms. The summed E-state index contributed by atoms with van der Waals surface area (Å²) >= 11 is 12.1. The van der Waals surface area contributed by atoms with Gasteiger partial charge in [0.05, 0.1) is 5.69 Å². The molecule has 1 aromatic heterocycles. The lowest BCUT2D eigenvalue weighted by molar-refractivity contribution is -0.344. The summed E-state index contributed by atoms with van der Waals surface area (Å²) in [5, 5.41) is 17.7. The van der Waals surface area contributed by atoms with Crippen LogP contribution in [0.3, 0.4) is 0 Å². The monoisotopic (exact) mass is 542 g/mol. The van der Waals surface area contributed by atoms with Gasteiger partial charge in [-0.15, -0.1) is 0 Å². The van der Waals surface area contributed by atoms with Gasteiger partial charge in [0.2, 0.25) is 5.91 Å². The molecular formula is C25H25Cl2F3N3O3-. The van der Waals surface area contributed by atoms with Crippen LogP contribution in [0.15, 0.2) is 60.8 Å². The normalized spacial score (nSPS) is 12.8. The Balaban J connectivity index is 0.000000572. The van der Waals surface area contributed by atoms with Crippen LogP contribution in [0.5, 0.6) is 0 Å². The van der Waals surface area contributed by atoms with Crippen LogP contribution in [0.4, 0.5) is 13.2 Å². The lowest BCUT2D eigenvalue weighted by Gasteiger charge is -2.26. The zero-order valence-electron chi connectivity index (χ0n) is 19.6. The van der Waals surface area contributed by atoms with Gasteiger partial charge in [-0.05, 0) is 61.7 Å². The quantitative estimate of drug-likeness (QED) is 0.446. The fourth-order valence-electron chi connectivity index (χ4n) is 3.40. The number of amides is 1. The number of halogens is 5. The van der Waals surface area contributed by atoms with Gasteiger partial charge < -0.3 is 15.2 Å². The third-order valence-corrected chi connectivity index (χ3v) is 5.74. The van der Waals surface area contributed by atoms with E-state index in [9.17, 15) is 18.0 Å². The van der Waals surface area contributed by atoms with Gasteiger partial charge in [0.15, 0.2) is 0 Å². The van der Waals surface area contributed by atoms with E-state index in [1.807, 2.05) is 74.6 Å². The predicted octanol–water partition coefficient (Wildman–Crippen LogP) is 4.72. The van der Waals surface area contributed by atoms with Gasteiger partial charge in [0, 0.05) is 41.2 Å². The molecule has 1 heterocycles. The lowest BCUT2D eigenvalue weighted by atomic mass is 9.86. The summed E-state index contributed by atoms with van der Waals surface area (Å²) < 4.78 is 33.3. The molecule has 3 rings (SSSR count). The van der Waals surface area contributed by atoms with Crippen molar-refractivity contribution in [3.8, 4) is 0 Å². The van der Waals surface area contributed by atoms with Crippen molar-refractivity contribution in [3.05, 3.63) is 87.7 Å². The van der Waals surface area contributed by atoms with Crippen molar-refractivity contribution in [1.82, 2.24) is 15.1 Å². The maximum absolute atomic E-state index is 12.5. The van der Waals surface area contributed by atoms with E-state index in [-0.39, 0.29) is 17.9 Å². The Morgan fingerprint density at radius 1 is 1.03 bits per heavy atom. The highest BCUT2D eigenvalue weighted by molar-refractivity contribution is 6.30. The minimum Gasteiger partial charge on any atom is -0.542 e. The Morgan fingerprint density at radius 3 is 2.03 bits per heavy atom. The summed E-state index contributed by atoms with van der Waals surface area (Å²) in [5.41, 5.74) is 3.26. The number of nitrogens with one attached hydrogen (secondary N) is 1.